The maximum Gasteiger partial charge on any atom is 0.291 e. The first-order chi connectivity index (χ1) is 15.6. The minimum Gasteiger partial charge on any atom is -0.438 e. The largest absolute Gasteiger partial charge is 0.438 e. The van der Waals surface area contributed by atoms with Crippen LogP contribution in [0.25, 0.3) is 0 Å². The summed E-state index contributed by atoms with van der Waals surface area (Å²) in [4.78, 5) is 44.7. The number of oxazole rings is 1. The molecule has 3 aromatic rings. The van der Waals surface area contributed by atoms with E-state index in [1.807, 2.05) is 30.3 Å². The molecule has 0 unspecified atom stereocenters. The average molecular weight is 432 g/mol. The van der Waals surface area contributed by atoms with E-state index in [1.165, 1.54) is 12.6 Å². The fourth-order valence-electron chi connectivity index (χ4n) is 4.30. The van der Waals surface area contributed by atoms with Gasteiger partial charge in [-0.05, 0) is 42.4 Å². The normalized spacial score (nSPS) is 15.7. The number of rotatable bonds is 5. The van der Waals surface area contributed by atoms with Gasteiger partial charge in [0.15, 0.2) is 6.39 Å². The number of carbonyl (C=O) groups excluding carboxylic acids is 2. The Morgan fingerprint density at radius 3 is 2.69 bits per heavy atom. The van der Waals surface area contributed by atoms with Gasteiger partial charge < -0.3 is 19.2 Å². The second kappa shape index (κ2) is 8.45. The Hall–Kier alpha value is -3.68. The number of carbonyl (C=O) groups is 2. The van der Waals surface area contributed by atoms with E-state index in [-0.39, 0.29) is 34.7 Å². The van der Waals surface area contributed by atoms with Crippen molar-refractivity contribution in [2.45, 2.75) is 44.8 Å². The van der Waals surface area contributed by atoms with Crippen LogP contribution in [0.15, 0.2) is 58.3 Å². The van der Waals surface area contributed by atoms with Gasteiger partial charge in [0.2, 0.25) is 5.76 Å². The molecule has 0 spiro atoms. The third kappa shape index (κ3) is 3.84. The van der Waals surface area contributed by atoms with Crippen LogP contribution >= 0.6 is 0 Å². The Morgan fingerprint density at radius 1 is 1.19 bits per heavy atom. The third-order valence-electron chi connectivity index (χ3n) is 6.26. The van der Waals surface area contributed by atoms with Gasteiger partial charge in [-0.1, -0.05) is 30.3 Å². The summed E-state index contributed by atoms with van der Waals surface area (Å²) in [5.41, 5.74) is 2.41. The summed E-state index contributed by atoms with van der Waals surface area (Å²) in [5, 5.41) is 3.01. The summed E-state index contributed by atoms with van der Waals surface area (Å²) < 4.78 is 6.74. The van der Waals surface area contributed by atoms with Crippen molar-refractivity contribution in [3.05, 3.63) is 87.5 Å². The first kappa shape index (κ1) is 20.2. The molecule has 0 radical (unpaired) electrons. The van der Waals surface area contributed by atoms with E-state index in [0.29, 0.717) is 26.1 Å². The molecule has 32 heavy (non-hydrogen) atoms. The minimum atomic E-state index is -0.312. The van der Waals surface area contributed by atoms with E-state index in [4.69, 9.17) is 4.42 Å². The van der Waals surface area contributed by atoms with E-state index in [1.54, 1.807) is 15.7 Å². The highest BCUT2D eigenvalue weighted by atomic mass is 16.3. The quantitative estimate of drug-likeness (QED) is 0.668. The Bertz CT molecular complexity index is 1200. The minimum absolute atomic E-state index is 0.133. The number of benzene rings is 1. The van der Waals surface area contributed by atoms with Gasteiger partial charge in [0, 0.05) is 25.3 Å². The summed E-state index contributed by atoms with van der Waals surface area (Å²) in [6.07, 6.45) is 7.82. The van der Waals surface area contributed by atoms with Gasteiger partial charge in [0.25, 0.3) is 17.4 Å². The van der Waals surface area contributed by atoms with Gasteiger partial charge in [-0.25, -0.2) is 4.98 Å². The predicted molar refractivity (Wildman–Crippen MR) is 116 cm³/mol. The summed E-state index contributed by atoms with van der Waals surface area (Å²) in [5.74, 6) is -0.392. The van der Waals surface area contributed by atoms with Crippen molar-refractivity contribution < 1.29 is 14.0 Å². The molecule has 3 heterocycles. The lowest BCUT2D eigenvalue weighted by atomic mass is 9.91. The fraction of sp³-hybridized carbons (Fsp3) is 0.333. The van der Waals surface area contributed by atoms with Crippen LogP contribution in [0.2, 0.25) is 0 Å². The lowest BCUT2D eigenvalue weighted by Gasteiger charge is -2.31. The highest BCUT2D eigenvalue weighted by Crippen LogP contribution is 2.24. The monoisotopic (exact) mass is 432 g/mol. The number of hydrogen-bond donors (Lipinski definition) is 1. The highest BCUT2D eigenvalue weighted by molar-refractivity contribution is 5.96. The average Bonchev–Trinajstić information content (AvgIpc) is 3.31. The topological polar surface area (TPSA) is 97.4 Å². The summed E-state index contributed by atoms with van der Waals surface area (Å²) >= 11 is 0. The van der Waals surface area contributed by atoms with Gasteiger partial charge >= 0.3 is 0 Å². The Kier molecular flexibility index (Phi) is 5.34. The van der Waals surface area contributed by atoms with Gasteiger partial charge in [-0.3, -0.25) is 14.4 Å². The summed E-state index contributed by atoms with van der Waals surface area (Å²) in [7, 11) is 0. The molecule has 164 valence electrons. The molecule has 1 aliphatic carbocycles. The molecule has 0 atom stereocenters. The van der Waals surface area contributed by atoms with Crippen molar-refractivity contribution >= 4 is 11.8 Å². The number of hydrogen-bond acceptors (Lipinski definition) is 5. The van der Waals surface area contributed by atoms with Crippen molar-refractivity contribution in [1.82, 2.24) is 19.8 Å². The molecule has 2 amide bonds. The van der Waals surface area contributed by atoms with Crippen LogP contribution in [-0.2, 0) is 19.5 Å². The number of pyridine rings is 1. The predicted octanol–water partition coefficient (Wildman–Crippen LogP) is 2.37. The molecule has 8 heteroatoms. The van der Waals surface area contributed by atoms with Crippen LogP contribution in [0.4, 0.5) is 0 Å². The Balaban J connectivity index is 1.52. The molecular formula is C24H24N4O4. The third-order valence-corrected chi connectivity index (χ3v) is 6.26. The van der Waals surface area contributed by atoms with Crippen molar-refractivity contribution in [3.63, 3.8) is 0 Å². The van der Waals surface area contributed by atoms with E-state index in [2.05, 4.69) is 10.3 Å². The van der Waals surface area contributed by atoms with Crippen LogP contribution < -0.4 is 10.9 Å². The second-order valence-electron chi connectivity index (χ2n) is 8.37. The molecule has 1 saturated carbocycles. The number of nitrogens with one attached hydrogen (secondary N) is 1. The zero-order valence-electron chi connectivity index (χ0n) is 17.6. The Labute approximate surface area is 184 Å². The van der Waals surface area contributed by atoms with Crippen LogP contribution in [0.5, 0.6) is 0 Å². The van der Waals surface area contributed by atoms with Crippen LogP contribution in [0.1, 0.15) is 56.9 Å². The molecule has 1 N–H and O–H groups in total. The molecule has 1 fully saturated rings. The molecular weight excluding hydrogens is 408 g/mol. The number of nitrogens with zero attached hydrogens (tertiary/aromatic N) is 3. The fourth-order valence-corrected chi connectivity index (χ4v) is 4.30. The first-order valence-electron chi connectivity index (χ1n) is 10.9. The molecule has 2 aromatic heterocycles. The van der Waals surface area contributed by atoms with Gasteiger partial charge in [-0.2, -0.15) is 0 Å². The summed E-state index contributed by atoms with van der Waals surface area (Å²) in [6, 6.07) is 9.78. The molecule has 2 aliphatic rings. The van der Waals surface area contributed by atoms with Gasteiger partial charge in [-0.15, -0.1) is 0 Å². The van der Waals surface area contributed by atoms with Gasteiger partial charge in [0.05, 0.1) is 12.7 Å². The number of aromatic nitrogens is 2. The maximum atomic E-state index is 13.4. The molecule has 5 rings (SSSR count). The zero-order chi connectivity index (χ0) is 22.1. The Morgan fingerprint density at radius 2 is 2.00 bits per heavy atom. The molecule has 1 aromatic carbocycles. The van der Waals surface area contributed by atoms with E-state index >= 15 is 0 Å². The standard InChI is InChI=1S/C24H24N4O4/c29-22(26-18-7-4-8-18)21-19-9-10-27(23(30)20-11-25-15-32-20)13-17(19)14-28(24(21)31)12-16-5-2-1-3-6-16/h1-3,5-6,11,14-15,18H,4,7-10,12-13H2,(H,26,29). The van der Waals surface area contributed by atoms with E-state index in [0.717, 1.165) is 36.0 Å². The van der Waals surface area contributed by atoms with Gasteiger partial charge in [0.1, 0.15) is 5.56 Å². The number of fused-ring (bicyclic) bond motifs is 1. The molecule has 0 bridgehead atoms. The van der Waals surface area contributed by atoms with Crippen molar-refractivity contribution in [3.8, 4) is 0 Å². The number of amides is 2. The van der Waals surface area contributed by atoms with Crippen LogP contribution in [0.3, 0.4) is 0 Å². The second-order valence-corrected chi connectivity index (χ2v) is 8.37. The molecule has 8 nitrogen and oxygen atoms in total. The van der Waals surface area contributed by atoms with Crippen LogP contribution in [0, 0.1) is 0 Å². The molecule has 1 aliphatic heterocycles. The SMILES string of the molecule is O=C(NC1CCC1)c1c2c(cn(Cc3ccccc3)c1=O)CN(C(=O)c1cnco1)CC2. The van der Waals surface area contributed by atoms with Crippen LogP contribution in [-0.4, -0.2) is 38.9 Å². The first-order valence-corrected chi connectivity index (χ1v) is 10.9. The summed E-state index contributed by atoms with van der Waals surface area (Å²) in [6.45, 7) is 1.05. The molecule has 0 saturated heterocycles. The zero-order valence-corrected chi connectivity index (χ0v) is 17.6. The lowest BCUT2D eigenvalue weighted by molar-refractivity contribution is 0.0701. The maximum absolute atomic E-state index is 13.4. The van der Waals surface area contributed by atoms with E-state index < -0.39 is 0 Å². The van der Waals surface area contributed by atoms with Crippen molar-refractivity contribution in [2.75, 3.05) is 6.54 Å². The van der Waals surface area contributed by atoms with Crippen molar-refractivity contribution in [2.24, 2.45) is 0 Å². The smallest absolute Gasteiger partial charge is 0.291 e. The highest BCUT2D eigenvalue weighted by Gasteiger charge is 2.31. The van der Waals surface area contributed by atoms with Crippen molar-refractivity contribution in [1.29, 1.82) is 0 Å². The lowest BCUT2D eigenvalue weighted by Crippen LogP contribution is -2.45. The van der Waals surface area contributed by atoms with E-state index in [9.17, 15) is 14.4 Å².